The second-order valence-corrected chi connectivity index (χ2v) is 5.15. The Morgan fingerprint density at radius 1 is 1.22 bits per heavy atom. The van der Waals surface area contributed by atoms with Crippen LogP contribution in [0, 0.1) is 5.92 Å². The minimum atomic E-state index is -0.237. The van der Waals surface area contributed by atoms with Crippen LogP contribution in [0.1, 0.15) is 24.8 Å². The highest BCUT2D eigenvalue weighted by atomic mass is 16.5. The van der Waals surface area contributed by atoms with E-state index in [0.717, 1.165) is 12.2 Å². The second kappa shape index (κ2) is 4.29. The normalized spacial score (nSPS) is 23.9. The van der Waals surface area contributed by atoms with Crippen LogP contribution in [-0.2, 0) is 0 Å². The third kappa shape index (κ3) is 1.77. The lowest BCUT2D eigenvalue weighted by Gasteiger charge is -2.12. The van der Waals surface area contributed by atoms with Crippen LogP contribution in [0.3, 0.4) is 0 Å². The van der Waals surface area contributed by atoms with Crippen molar-refractivity contribution in [2.24, 2.45) is 5.92 Å². The zero-order valence-corrected chi connectivity index (χ0v) is 10.8. The Morgan fingerprint density at radius 3 is 2.67 bits per heavy atom. The predicted molar refractivity (Wildman–Crippen MR) is 73.0 cm³/mol. The molecule has 0 heterocycles. The number of methoxy groups -OCH3 is 1. The number of rotatable bonds is 3. The number of ether oxygens (including phenoxy) is 1. The SMILES string of the molecule is COc1ccc2ccccc2c1C1CC1C(C)O. The average Bonchev–Trinajstić information content (AvgIpc) is 3.17. The third-order valence-corrected chi connectivity index (χ3v) is 3.98. The minimum absolute atomic E-state index is 0.237. The number of benzene rings is 2. The fourth-order valence-corrected chi connectivity index (χ4v) is 2.92. The van der Waals surface area contributed by atoms with Crippen molar-refractivity contribution in [1.82, 2.24) is 0 Å². The number of aliphatic hydroxyl groups is 1. The molecule has 1 saturated carbocycles. The van der Waals surface area contributed by atoms with Crippen molar-refractivity contribution in [1.29, 1.82) is 0 Å². The Bertz CT molecular complexity index is 574. The van der Waals surface area contributed by atoms with Gasteiger partial charge in [-0.25, -0.2) is 0 Å². The van der Waals surface area contributed by atoms with E-state index in [2.05, 4.69) is 30.3 Å². The quantitative estimate of drug-likeness (QED) is 0.894. The van der Waals surface area contributed by atoms with Crippen molar-refractivity contribution < 1.29 is 9.84 Å². The smallest absolute Gasteiger partial charge is 0.122 e. The van der Waals surface area contributed by atoms with Crippen LogP contribution in [-0.4, -0.2) is 18.3 Å². The van der Waals surface area contributed by atoms with Gasteiger partial charge in [0.2, 0.25) is 0 Å². The van der Waals surface area contributed by atoms with Gasteiger partial charge in [0.05, 0.1) is 13.2 Å². The van der Waals surface area contributed by atoms with E-state index < -0.39 is 0 Å². The summed E-state index contributed by atoms with van der Waals surface area (Å²) in [5.41, 5.74) is 1.27. The lowest BCUT2D eigenvalue weighted by atomic mass is 9.98. The van der Waals surface area contributed by atoms with E-state index in [4.69, 9.17) is 4.74 Å². The first-order valence-electron chi connectivity index (χ1n) is 6.46. The Balaban J connectivity index is 2.14. The molecule has 3 atom stereocenters. The van der Waals surface area contributed by atoms with Gasteiger partial charge in [-0.2, -0.15) is 0 Å². The maximum atomic E-state index is 9.72. The molecule has 3 unspecified atom stereocenters. The molecule has 0 radical (unpaired) electrons. The maximum absolute atomic E-state index is 9.72. The summed E-state index contributed by atoms with van der Waals surface area (Å²) in [5.74, 6) is 1.76. The largest absolute Gasteiger partial charge is 0.496 e. The summed E-state index contributed by atoms with van der Waals surface area (Å²) >= 11 is 0. The molecule has 1 fully saturated rings. The van der Waals surface area contributed by atoms with Crippen LogP contribution in [0.25, 0.3) is 10.8 Å². The highest BCUT2D eigenvalue weighted by molar-refractivity contribution is 5.88. The summed E-state index contributed by atoms with van der Waals surface area (Å²) < 4.78 is 5.50. The summed E-state index contributed by atoms with van der Waals surface area (Å²) in [6.45, 7) is 1.88. The highest BCUT2D eigenvalue weighted by Gasteiger charge is 2.43. The molecule has 1 aliphatic rings. The van der Waals surface area contributed by atoms with Crippen LogP contribution < -0.4 is 4.74 Å². The molecule has 2 heteroatoms. The topological polar surface area (TPSA) is 29.5 Å². The number of aliphatic hydroxyl groups excluding tert-OH is 1. The van der Waals surface area contributed by atoms with Gasteiger partial charge in [-0.1, -0.05) is 30.3 Å². The summed E-state index contributed by atoms with van der Waals surface area (Å²) in [6.07, 6.45) is 0.820. The minimum Gasteiger partial charge on any atom is -0.496 e. The molecule has 0 spiro atoms. The Labute approximate surface area is 107 Å². The van der Waals surface area contributed by atoms with Gasteiger partial charge in [0.25, 0.3) is 0 Å². The molecule has 2 aromatic rings. The molecule has 0 amide bonds. The summed E-state index contributed by atoms with van der Waals surface area (Å²) in [4.78, 5) is 0. The molecule has 3 rings (SSSR count). The van der Waals surface area contributed by atoms with E-state index in [1.54, 1.807) is 7.11 Å². The van der Waals surface area contributed by atoms with Crippen molar-refractivity contribution in [2.45, 2.75) is 25.4 Å². The van der Waals surface area contributed by atoms with Gasteiger partial charge in [0.15, 0.2) is 0 Å². The summed E-state index contributed by atoms with van der Waals surface area (Å²) in [5, 5.41) is 12.2. The molecule has 0 aromatic heterocycles. The van der Waals surface area contributed by atoms with Gasteiger partial charge in [-0.15, -0.1) is 0 Å². The van der Waals surface area contributed by atoms with Crippen LogP contribution >= 0.6 is 0 Å². The van der Waals surface area contributed by atoms with Crippen molar-refractivity contribution in [2.75, 3.05) is 7.11 Å². The van der Waals surface area contributed by atoms with E-state index in [1.165, 1.54) is 16.3 Å². The van der Waals surface area contributed by atoms with Gasteiger partial charge < -0.3 is 9.84 Å². The maximum Gasteiger partial charge on any atom is 0.122 e. The first-order chi connectivity index (χ1) is 8.72. The number of hydrogen-bond acceptors (Lipinski definition) is 2. The lowest BCUT2D eigenvalue weighted by Crippen LogP contribution is -2.04. The second-order valence-electron chi connectivity index (χ2n) is 5.15. The molecule has 2 nitrogen and oxygen atoms in total. The molecule has 1 N–H and O–H groups in total. The van der Waals surface area contributed by atoms with Crippen LogP contribution in [0.4, 0.5) is 0 Å². The molecule has 0 aliphatic heterocycles. The Morgan fingerprint density at radius 2 is 2.00 bits per heavy atom. The summed E-state index contributed by atoms with van der Waals surface area (Å²) in [6, 6.07) is 12.5. The van der Waals surface area contributed by atoms with Crippen LogP contribution in [0.2, 0.25) is 0 Å². The molecular weight excluding hydrogens is 224 g/mol. The van der Waals surface area contributed by atoms with Gasteiger partial charge in [-0.3, -0.25) is 0 Å². The van der Waals surface area contributed by atoms with Gasteiger partial charge >= 0.3 is 0 Å². The van der Waals surface area contributed by atoms with Crippen molar-refractivity contribution >= 4 is 10.8 Å². The zero-order valence-electron chi connectivity index (χ0n) is 10.8. The third-order valence-electron chi connectivity index (χ3n) is 3.98. The lowest BCUT2D eigenvalue weighted by molar-refractivity contribution is 0.168. The fraction of sp³-hybridized carbons (Fsp3) is 0.375. The van der Waals surface area contributed by atoms with Gasteiger partial charge in [0, 0.05) is 5.56 Å². The van der Waals surface area contributed by atoms with Crippen molar-refractivity contribution in [3.63, 3.8) is 0 Å². The molecule has 18 heavy (non-hydrogen) atoms. The van der Waals surface area contributed by atoms with Crippen LogP contribution in [0.5, 0.6) is 5.75 Å². The van der Waals surface area contributed by atoms with E-state index in [1.807, 2.05) is 13.0 Å². The Hall–Kier alpha value is -1.54. The highest BCUT2D eigenvalue weighted by Crippen LogP contribution is 2.54. The van der Waals surface area contributed by atoms with Crippen LogP contribution in [0.15, 0.2) is 36.4 Å². The number of fused-ring (bicyclic) bond motifs is 1. The van der Waals surface area contributed by atoms with E-state index >= 15 is 0 Å². The molecule has 2 aromatic carbocycles. The van der Waals surface area contributed by atoms with Gasteiger partial charge in [0.1, 0.15) is 5.75 Å². The zero-order chi connectivity index (χ0) is 12.7. The first kappa shape index (κ1) is 11.5. The van der Waals surface area contributed by atoms with Crippen molar-refractivity contribution in [3.05, 3.63) is 42.0 Å². The fourth-order valence-electron chi connectivity index (χ4n) is 2.92. The Kier molecular flexibility index (Phi) is 2.75. The molecular formula is C16H18O2. The number of hydrogen-bond donors (Lipinski definition) is 1. The first-order valence-corrected chi connectivity index (χ1v) is 6.46. The standard InChI is InChI=1S/C16H18O2/c1-10(17)13-9-14(13)16-12-6-4-3-5-11(12)7-8-15(16)18-2/h3-8,10,13-14,17H,9H2,1-2H3. The average molecular weight is 242 g/mol. The van der Waals surface area contributed by atoms with E-state index in [9.17, 15) is 5.11 Å². The van der Waals surface area contributed by atoms with Crippen molar-refractivity contribution in [3.8, 4) is 5.75 Å². The molecule has 0 saturated heterocycles. The molecule has 0 bridgehead atoms. The summed E-state index contributed by atoms with van der Waals surface area (Å²) in [7, 11) is 1.72. The van der Waals surface area contributed by atoms with E-state index in [-0.39, 0.29) is 6.10 Å². The molecule has 1 aliphatic carbocycles. The van der Waals surface area contributed by atoms with Gasteiger partial charge in [-0.05, 0) is 42.0 Å². The predicted octanol–water partition coefficient (Wildman–Crippen LogP) is 3.33. The molecule has 94 valence electrons. The van der Waals surface area contributed by atoms with E-state index in [0.29, 0.717) is 11.8 Å². The monoisotopic (exact) mass is 242 g/mol.